The van der Waals surface area contributed by atoms with Gasteiger partial charge in [0.1, 0.15) is 6.54 Å². The van der Waals surface area contributed by atoms with Crippen molar-refractivity contribution in [1.29, 1.82) is 0 Å². The van der Waals surface area contributed by atoms with Crippen LogP contribution in [0.5, 0.6) is 0 Å². The average Bonchev–Trinajstić information content (AvgIpc) is 2.97. The van der Waals surface area contributed by atoms with Crippen LogP contribution in [0.25, 0.3) is 16.5 Å². The maximum atomic E-state index is 12.4. The van der Waals surface area contributed by atoms with Crippen LogP contribution in [0.1, 0.15) is 15.9 Å². The van der Waals surface area contributed by atoms with Gasteiger partial charge in [-0.25, -0.2) is 0 Å². The molecular weight excluding hydrogens is 368 g/mol. The fourth-order valence-electron chi connectivity index (χ4n) is 3.29. The number of nitrogens with one attached hydrogen (secondary N) is 1. The minimum Gasteiger partial charge on any atom is -0.454 e. The number of esters is 1. The van der Waals surface area contributed by atoms with Gasteiger partial charge in [-0.05, 0) is 29.0 Å². The van der Waals surface area contributed by atoms with Crippen LogP contribution >= 0.6 is 0 Å². The predicted octanol–water partition coefficient (Wildman–Crippen LogP) is 3.45. The largest absolute Gasteiger partial charge is 0.454 e. The molecule has 0 radical (unpaired) electrons. The molecule has 6 nitrogen and oxygen atoms in total. The normalized spacial score (nSPS) is 12.8. The number of hydrogen-bond acceptors (Lipinski definition) is 4. The van der Waals surface area contributed by atoms with Crippen molar-refractivity contribution in [2.75, 3.05) is 18.5 Å². The van der Waals surface area contributed by atoms with E-state index in [1.165, 1.54) is 4.90 Å². The molecule has 3 aromatic rings. The second-order valence-corrected chi connectivity index (χ2v) is 6.65. The number of nitrogens with zero attached hydrogens (tertiary/aromatic N) is 1. The summed E-state index contributed by atoms with van der Waals surface area (Å²) in [6.45, 7) is 3.14. The standard InChI is InChI=1S/C23H18N2O4/c1-15-19-8-4-5-9-20(19)23(28)25(15)13-22(27)29-14-21(26)24-18-11-10-16-6-2-3-7-17(16)12-18/h2-12H,1,13-14H2,(H,24,26). The number of carbonyl (C=O) groups excluding carboxylic acids is 3. The number of rotatable bonds is 5. The summed E-state index contributed by atoms with van der Waals surface area (Å²) in [5, 5.41) is 4.76. The van der Waals surface area contributed by atoms with Crippen molar-refractivity contribution in [1.82, 2.24) is 4.90 Å². The van der Waals surface area contributed by atoms with Gasteiger partial charge in [-0.15, -0.1) is 0 Å². The summed E-state index contributed by atoms with van der Waals surface area (Å²) >= 11 is 0. The topological polar surface area (TPSA) is 75.7 Å². The second-order valence-electron chi connectivity index (χ2n) is 6.65. The molecule has 0 saturated heterocycles. The van der Waals surface area contributed by atoms with E-state index < -0.39 is 18.5 Å². The van der Waals surface area contributed by atoms with Gasteiger partial charge in [0, 0.05) is 22.5 Å². The molecule has 0 bridgehead atoms. The summed E-state index contributed by atoms with van der Waals surface area (Å²) in [6, 6.07) is 20.3. The van der Waals surface area contributed by atoms with Crippen LogP contribution in [0.4, 0.5) is 5.69 Å². The lowest BCUT2D eigenvalue weighted by atomic mass is 10.1. The van der Waals surface area contributed by atoms with Crippen molar-refractivity contribution < 1.29 is 19.1 Å². The van der Waals surface area contributed by atoms with Crippen LogP contribution in [0, 0.1) is 0 Å². The number of benzene rings is 3. The Morgan fingerprint density at radius 3 is 2.38 bits per heavy atom. The van der Waals surface area contributed by atoms with E-state index in [0.717, 1.165) is 10.8 Å². The Hall–Kier alpha value is -3.93. The molecule has 0 aromatic heterocycles. The maximum absolute atomic E-state index is 12.4. The van der Waals surface area contributed by atoms with Gasteiger partial charge in [-0.3, -0.25) is 19.3 Å². The number of anilines is 1. The Morgan fingerprint density at radius 2 is 1.62 bits per heavy atom. The Labute approximate surface area is 167 Å². The third-order valence-electron chi connectivity index (χ3n) is 4.72. The van der Waals surface area contributed by atoms with E-state index in [4.69, 9.17) is 4.74 Å². The highest BCUT2D eigenvalue weighted by Crippen LogP contribution is 2.30. The SMILES string of the molecule is C=C1c2ccccc2C(=O)N1CC(=O)OCC(=O)Nc1ccc2ccccc2c1. The molecule has 29 heavy (non-hydrogen) atoms. The van der Waals surface area contributed by atoms with E-state index in [0.29, 0.717) is 22.5 Å². The van der Waals surface area contributed by atoms with Crippen LogP contribution < -0.4 is 5.32 Å². The summed E-state index contributed by atoms with van der Waals surface area (Å²) in [4.78, 5) is 37.9. The van der Waals surface area contributed by atoms with Crippen molar-refractivity contribution in [3.05, 3.63) is 84.4 Å². The van der Waals surface area contributed by atoms with Gasteiger partial charge in [0.25, 0.3) is 11.8 Å². The van der Waals surface area contributed by atoms with Crippen molar-refractivity contribution in [2.24, 2.45) is 0 Å². The number of carbonyl (C=O) groups is 3. The van der Waals surface area contributed by atoms with Crippen LogP contribution in [0.2, 0.25) is 0 Å². The average molecular weight is 386 g/mol. The number of ether oxygens (including phenoxy) is 1. The minimum absolute atomic E-state index is 0.296. The number of fused-ring (bicyclic) bond motifs is 2. The zero-order valence-corrected chi connectivity index (χ0v) is 15.6. The molecule has 1 N–H and O–H groups in total. The van der Waals surface area contributed by atoms with E-state index >= 15 is 0 Å². The first-order chi connectivity index (χ1) is 14.0. The fraction of sp³-hybridized carbons (Fsp3) is 0.0870. The van der Waals surface area contributed by atoms with E-state index in [9.17, 15) is 14.4 Å². The first kappa shape index (κ1) is 18.4. The van der Waals surface area contributed by atoms with Crippen LogP contribution in [-0.4, -0.2) is 35.8 Å². The molecular formula is C23H18N2O4. The summed E-state index contributed by atoms with van der Waals surface area (Å²) in [5.41, 5.74) is 2.25. The number of amides is 2. The lowest BCUT2D eigenvalue weighted by Gasteiger charge is -2.16. The second kappa shape index (κ2) is 7.59. The molecule has 4 rings (SSSR count). The third kappa shape index (κ3) is 3.73. The van der Waals surface area contributed by atoms with Crippen LogP contribution in [-0.2, 0) is 14.3 Å². The molecule has 3 aromatic carbocycles. The third-order valence-corrected chi connectivity index (χ3v) is 4.72. The highest BCUT2D eigenvalue weighted by Gasteiger charge is 2.32. The molecule has 0 atom stereocenters. The first-order valence-electron chi connectivity index (χ1n) is 9.07. The number of hydrogen-bond donors (Lipinski definition) is 1. The molecule has 0 spiro atoms. The van der Waals surface area contributed by atoms with Crippen LogP contribution in [0.3, 0.4) is 0 Å². The fourth-order valence-corrected chi connectivity index (χ4v) is 3.29. The van der Waals surface area contributed by atoms with Gasteiger partial charge < -0.3 is 10.1 Å². The molecule has 1 aliphatic rings. The summed E-state index contributed by atoms with van der Waals surface area (Å²) in [5.74, 6) is -1.44. The minimum atomic E-state index is -0.680. The molecule has 0 aliphatic carbocycles. The molecule has 0 unspecified atom stereocenters. The Balaban J connectivity index is 1.32. The zero-order chi connectivity index (χ0) is 20.4. The van der Waals surface area contributed by atoms with E-state index in [2.05, 4.69) is 11.9 Å². The van der Waals surface area contributed by atoms with Gasteiger partial charge in [0.2, 0.25) is 0 Å². The molecule has 0 fully saturated rings. The van der Waals surface area contributed by atoms with Crippen molar-refractivity contribution in [3.8, 4) is 0 Å². The maximum Gasteiger partial charge on any atom is 0.326 e. The van der Waals surface area contributed by atoms with Crippen molar-refractivity contribution in [3.63, 3.8) is 0 Å². The Bertz CT molecular complexity index is 1120. The molecule has 144 valence electrons. The van der Waals surface area contributed by atoms with Gasteiger partial charge in [0.15, 0.2) is 6.61 Å². The lowest BCUT2D eigenvalue weighted by molar-refractivity contribution is -0.147. The molecule has 6 heteroatoms. The van der Waals surface area contributed by atoms with Crippen molar-refractivity contribution in [2.45, 2.75) is 0 Å². The molecule has 0 saturated carbocycles. The molecule has 1 aliphatic heterocycles. The van der Waals surface area contributed by atoms with Gasteiger partial charge in [-0.2, -0.15) is 0 Å². The highest BCUT2D eigenvalue weighted by atomic mass is 16.5. The predicted molar refractivity (Wildman–Crippen MR) is 110 cm³/mol. The molecule has 2 amide bonds. The molecule has 1 heterocycles. The quantitative estimate of drug-likeness (QED) is 0.682. The highest BCUT2D eigenvalue weighted by molar-refractivity contribution is 6.10. The summed E-state index contributed by atoms with van der Waals surface area (Å²) < 4.78 is 5.03. The first-order valence-corrected chi connectivity index (χ1v) is 9.07. The smallest absolute Gasteiger partial charge is 0.326 e. The van der Waals surface area contributed by atoms with E-state index in [-0.39, 0.29) is 12.5 Å². The monoisotopic (exact) mass is 386 g/mol. The lowest BCUT2D eigenvalue weighted by Crippen LogP contribution is -2.32. The van der Waals surface area contributed by atoms with Gasteiger partial charge >= 0.3 is 5.97 Å². The van der Waals surface area contributed by atoms with E-state index in [1.54, 1.807) is 30.3 Å². The van der Waals surface area contributed by atoms with Gasteiger partial charge in [-0.1, -0.05) is 55.1 Å². The van der Waals surface area contributed by atoms with Crippen molar-refractivity contribution >= 4 is 39.9 Å². The van der Waals surface area contributed by atoms with Gasteiger partial charge in [0.05, 0.1) is 0 Å². The summed E-state index contributed by atoms with van der Waals surface area (Å²) in [7, 11) is 0. The van der Waals surface area contributed by atoms with E-state index in [1.807, 2.05) is 36.4 Å². The Morgan fingerprint density at radius 1 is 0.931 bits per heavy atom. The Kier molecular flexibility index (Phi) is 4.83. The summed E-state index contributed by atoms with van der Waals surface area (Å²) in [6.07, 6.45) is 0. The zero-order valence-electron chi connectivity index (χ0n) is 15.6. The van der Waals surface area contributed by atoms with Crippen LogP contribution in [0.15, 0.2) is 73.3 Å².